The molecule has 1 saturated heterocycles. The second-order valence-electron chi connectivity index (χ2n) is 4.37. The summed E-state index contributed by atoms with van der Waals surface area (Å²) < 4.78 is 5.64. The molecule has 1 N–H and O–H groups in total. The second-order valence-corrected chi connectivity index (χ2v) is 4.37. The molecule has 1 fully saturated rings. The molecule has 0 aromatic carbocycles. The highest BCUT2D eigenvalue weighted by molar-refractivity contribution is 5.86. The molecule has 2 rings (SSSR count). The van der Waals surface area contributed by atoms with E-state index in [1.807, 2.05) is 19.9 Å². The van der Waals surface area contributed by atoms with Gasteiger partial charge in [0.2, 0.25) is 0 Å². The highest BCUT2D eigenvalue weighted by atomic mass is 16.5. The number of morpholine rings is 1. The summed E-state index contributed by atoms with van der Waals surface area (Å²) in [6.45, 7) is 5.57. The molecule has 1 aromatic heterocycles. The van der Waals surface area contributed by atoms with Gasteiger partial charge in [-0.25, -0.2) is 9.78 Å². The van der Waals surface area contributed by atoms with E-state index in [2.05, 4.69) is 9.88 Å². The number of hydrogen-bond acceptors (Lipinski definition) is 4. The fourth-order valence-electron chi connectivity index (χ4n) is 2.12. The van der Waals surface area contributed by atoms with Gasteiger partial charge in [0.1, 0.15) is 5.69 Å². The zero-order valence-electron chi connectivity index (χ0n) is 9.96. The quantitative estimate of drug-likeness (QED) is 0.840. The van der Waals surface area contributed by atoms with Gasteiger partial charge in [0.05, 0.1) is 12.2 Å². The fourth-order valence-corrected chi connectivity index (χ4v) is 2.12. The Morgan fingerprint density at radius 1 is 1.47 bits per heavy atom. The maximum atomic E-state index is 10.9. The van der Waals surface area contributed by atoms with Crippen molar-refractivity contribution in [2.75, 3.05) is 18.0 Å². The zero-order chi connectivity index (χ0) is 12.4. The van der Waals surface area contributed by atoms with Crippen LogP contribution in [0, 0.1) is 0 Å². The molecule has 0 unspecified atom stereocenters. The van der Waals surface area contributed by atoms with Crippen molar-refractivity contribution in [2.45, 2.75) is 26.1 Å². The van der Waals surface area contributed by atoms with E-state index in [-0.39, 0.29) is 17.9 Å². The van der Waals surface area contributed by atoms with Gasteiger partial charge in [0.25, 0.3) is 0 Å². The van der Waals surface area contributed by atoms with Crippen LogP contribution in [0.2, 0.25) is 0 Å². The molecule has 1 aliphatic heterocycles. The van der Waals surface area contributed by atoms with Crippen LogP contribution in [0.3, 0.4) is 0 Å². The van der Waals surface area contributed by atoms with E-state index in [0.717, 1.165) is 18.8 Å². The number of carboxylic acid groups (broad SMARTS) is 1. The van der Waals surface area contributed by atoms with Crippen LogP contribution < -0.4 is 4.90 Å². The largest absolute Gasteiger partial charge is 0.477 e. The summed E-state index contributed by atoms with van der Waals surface area (Å²) in [5.74, 6) is -0.999. The Hall–Kier alpha value is -1.62. The molecule has 1 aliphatic rings. The molecule has 1 aromatic rings. The summed E-state index contributed by atoms with van der Waals surface area (Å²) in [6, 6.07) is 3.43. The summed E-state index contributed by atoms with van der Waals surface area (Å²) in [5, 5.41) is 8.91. The first-order chi connectivity index (χ1) is 8.06. The van der Waals surface area contributed by atoms with Crippen molar-refractivity contribution in [1.29, 1.82) is 0 Å². The third-order valence-corrected chi connectivity index (χ3v) is 2.75. The normalized spacial score (nSPS) is 24.7. The van der Waals surface area contributed by atoms with Crippen LogP contribution in [0.25, 0.3) is 0 Å². The Morgan fingerprint density at radius 3 is 2.71 bits per heavy atom. The molecule has 92 valence electrons. The minimum absolute atomic E-state index is 0.0781. The van der Waals surface area contributed by atoms with Crippen LogP contribution in [0.5, 0.6) is 0 Å². The van der Waals surface area contributed by atoms with Gasteiger partial charge in [-0.3, -0.25) is 0 Å². The predicted octanol–water partition coefficient (Wildman–Crippen LogP) is 1.39. The minimum atomic E-state index is -0.999. The average Bonchev–Trinajstić information content (AvgIpc) is 2.28. The van der Waals surface area contributed by atoms with Gasteiger partial charge in [-0.15, -0.1) is 0 Å². The molecule has 0 aliphatic carbocycles. The maximum Gasteiger partial charge on any atom is 0.354 e. The first kappa shape index (κ1) is 11.9. The number of pyridine rings is 1. The van der Waals surface area contributed by atoms with E-state index in [4.69, 9.17) is 9.84 Å². The van der Waals surface area contributed by atoms with Gasteiger partial charge in [-0.05, 0) is 26.0 Å². The van der Waals surface area contributed by atoms with Crippen molar-refractivity contribution in [3.63, 3.8) is 0 Å². The van der Waals surface area contributed by atoms with Gasteiger partial charge in [0.15, 0.2) is 0 Å². The van der Waals surface area contributed by atoms with Gasteiger partial charge < -0.3 is 14.7 Å². The number of rotatable bonds is 2. The number of aromatic nitrogens is 1. The Morgan fingerprint density at radius 2 is 2.12 bits per heavy atom. The lowest BCUT2D eigenvalue weighted by Gasteiger charge is -2.36. The maximum absolute atomic E-state index is 10.9. The zero-order valence-corrected chi connectivity index (χ0v) is 9.96. The van der Waals surface area contributed by atoms with Crippen molar-refractivity contribution >= 4 is 11.7 Å². The van der Waals surface area contributed by atoms with Crippen LogP contribution in [-0.4, -0.2) is 41.4 Å². The van der Waals surface area contributed by atoms with Crippen molar-refractivity contribution in [3.8, 4) is 0 Å². The van der Waals surface area contributed by atoms with E-state index >= 15 is 0 Å². The number of anilines is 1. The first-order valence-corrected chi connectivity index (χ1v) is 5.66. The molecule has 0 bridgehead atoms. The number of nitrogens with zero attached hydrogens (tertiary/aromatic N) is 2. The number of carboxylic acids is 1. The molecule has 2 atom stereocenters. The highest BCUT2D eigenvalue weighted by Gasteiger charge is 2.22. The van der Waals surface area contributed by atoms with Crippen LogP contribution in [-0.2, 0) is 4.74 Å². The molecule has 0 saturated carbocycles. The van der Waals surface area contributed by atoms with E-state index < -0.39 is 5.97 Å². The molecular weight excluding hydrogens is 220 g/mol. The van der Waals surface area contributed by atoms with E-state index in [1.165, 1.54) is 6.20 Å². The van der Waals surface area contributed by atoms with Crippen molar-refractivity contribution < 1.29 is 14.6 Å². The molecule has 5 nitrogen and oxygen atoms in total. The molecule has 0 amide bonds. The highest BCUT2D eigenvalue weighted by Crippen LogP contribution is 2.20. The molecule has 0 spiro atoms. The van der Waals surface area contributed by atoms with Crippen molar-refractivity contribution in [2.24, 2.45) is 0 Å². The third kappa shape index (κ3) is 2.74. The number of aromatic carboxylic acids is 1. The second kappa shape index (κ2) is 4.71. The van der Waals surface area contributed by atoms with Crippen LogP contribution in [0.1, 0.15) is 24.3 Å². The summed E-state index contributed by atoms with van der Waals surface area (Å²) in [6.07, 6.45) is 1.84. The van der Waals surface area contributed by atoms with Gasteiger partial charge in [-0.1, -0.05) is 0 Å². The SMILES string of the molecule is C[C@H]1CN(c2ccnc(C(=O)O)c2)C[C@H](C)O1. The lowest BCUT2D eigenvalue weighted by molar-refractivity contribution is -0.00522. The summed E-state index contributed by atoms with van der Waals surface area (Å²) in [7, 11) is 0. The predicted molar refractivity (Wildman–Crippen MR) is 63.4 cm³/mol. The Bertz CT molecular complexity index is 412. The first-order valence-electron chi connectivity index (χ1n) is 5.66. The number of hydrogen-bond donors (Lipinski definition) is 1. The third-order valence-electron chi connectivity index (χ3n) is 2.75. The van der Waals surface area contributed by atoms with Gasteiger partial charge in [-0.2, -0.15) is 0 Å². The Kier molecular flexibility index (Phi) is 3.28. The summed E-state index contributed by atoms with van der Waals surface area (Å²) >= 11 is 0. The summed E-state index contributed by atoms with van der Waals surface area (Å²) in [5.41, 5.74) is 0.966. The topological polar surface area (TPSA) is 62.7 Å². The van der Waals surface area contributed by atoms with Gasteiger partial charge in [0, 0.05) is 25.0 Å². The molecular formula is C12H16N2O3. The fraction of sp³-hybridized carbons (Fsp3) is 0.500. The summed E-state index contributed by atoms with van der Waals surface area (Å²) in [4.78, 5) is 16.8. The van der Waals surface area contributed by atoms with Crippen LogP contribution in [0.4, 0.5) is 5.69 Å². The Labute approximate surface area is 100 Å². The average molecular weight is 236 g/mol. The lowest BCUT2D eigenvalue weighted by Crippen LogP contribution is -2.45. The smallest absolute Gasteiger partial charge is 0.354 e. The molecule has 0 radical (unpaired) electrons. The number of ether oxygens (including phenoxy) is 1. The van der Waals surface area contributed by atoms with E-state index in [9.17, 15) is 4.79 Å². The molecule has 17 heavy (non-hydrogen) atoms. The minimum Gasteiger partial charge on any atom is -0.477 e. The number of carbonyl (C=O) groups is 1. The van der Waals surface area contributed by atoms with E-state index in [0.29, 0.717) is 0 Å². The Balaban J connectivity index is 2.21. The van der Waals surface area contributed by atoms with Crippen molar-refractivity contribution in [1.82, 2.24) is 4.98 Å². The van der Waals surface area contributed by atoms with Crippen molar-refractivity contribution in [3.05, 3.63) is 24.0 Å². The monoisotopic (exact) mass is 236 g/mol. The van der Waals surface area contributed by atoms with E-state index in [1.54, 1.807) is 6.07 Å². The lowest BCUT2D eigenvalue weighted by atomic mass is 10.2. The molecule has 2 heterocycles. The standard InChI is InChI=1S/C12H16N2O3/c1-8-6-14(7-9(2)17-8)10-3-4-13-11(5-10)12(15)16/h3-5,8-9H,6-7H2,1-2H3,(H,15,16)/t8-,9-/m0/s1. The van der Waals surface area contributed by atoms with Gasteiger partial charge >= 0.3 is 5.97 Å². The van der Waals surface area contributed by atoms with Crippen LogP contribution >= 0.6 is 0 Å². The molecule has 5 heteroatoms. The van der Waals surface area contributed by atoms with Crippen LogP contribution in [0.15, 0.2) is 18.3 Å².